The van der Waals surface area contributed by atoms with Gasteiger partial charge in [-0.3, -0.25) is 0 Å². The maximum absolute atomic E-state index is 8.23. The molecule has 0 aliphatic heterocycles. The molecule has 44 valence electrons. The molecule has 7 heavy (non-hydrogen) atoms. The fourth-order valence-electron chi connectivity index (χ4n) is 0. The topological polar surface area (TPSA) is 60.7 Å². The van der Waals surface area contributed by atoms with Crippen LogP contribution in [0.1, 0.15) is 2.85 Å². The zero-order chi connectivity index (χ0) is 5.45. The fourth-order valence-corrected chi connectivity index (χ4v) is 0. The van der Waals surface area contributed by atoms with Crippen molar-refractivity contribution in [2.24, 2.45) is 0 Å². The van der Waals surface area contributed by atoms with Gasteiger partial charge in [0.25, 0.3) is 0 Å². The molecule has 0 atom stereocenters. The second kappa shape index (κ2) is 2.44. The minimum absolute atomic E-state index is 0. The molecule has 0 aromatic heterocycles. The van der Waals surface area contributed by atoms with E-state index >= 15 is 0 Å². The molecule has 0 rings (SSSR count). The van der Waals surface area contributed by atoms with Crippen LogP contribution in [0.5, 0.6) is 0 Å². The van der Waals surface area contributed by atoms with Crippen molar-refractivity contribution in [2.45, 2.75) is 0 Å². The molecule has 0 aromatic rings. The second-order valence-electron chi connectivity index (χ2n) is 1.92. The molecule has 0 spiro atoms. The van der Waals surface area contributed by atoms with Gasteiger partial charge in [-0.25, -0.2) is 0 Å². The quantitative estimate of drug-likeness (QED) is 0.321. The molecule has 3 nitrogen and oxygen atoms in total. The van der Waals surface area contributed by atoms with Crippen LogP contribution in [0.3, 0.4) is 0 Å². The van der Waals surface area contributed by atoms with Crippen LogP contribution in [0, 0.1) is 0 Å². The summed E-state index contributed by atoms with van der Waals surface area (Å²) in [4.78, 5) is 24.7. The second-order valence-corrected chi connectivity index (χ2v) is 5.75. The molecule has 5 heteroatoms. The largest absolute Gasteiger partial charge is 2.00 e. The Balaban J connectivity index is -0.0000000417. The van der Waals surface area contributed by atoms with Crippen molar-refractivity contribution < 1.29 is 17.5 Å². The summed E-state index contributed by atoms with van der Waals surface area (Å²) in [5, 5.41) is 0. The van der Waals surface area contributed by atoms with Crippen molar-refractivity contribution in [1.29, 1.82) is 0 Å². The van der Waals surface area contributed by atoms with Gasteiger partial charge >= 0.3 is 73.0 Å². The van der Waals surface area contributed by atoms with Crippen LogP contribution in [0.15, 0.2) is 0 Å². The minimum Gasteiger partial charge on any atom is -1.00 e. The first-order chi connectivity index (χ1) is 2.24. The predicted molar refractivity (Wildman–Crippen MR) is 33.4 cm³/mol. The average molecular weight is 154 g/mol. The third-order valence-electron chi connectivity index (χ3n) is 0. The van der Waals surface area contributed by atoms with Crippen LogP contribution in [0.4, 0.5) is 0 Å². The molecule has 0 heterocycles. The number of rotatable bonds is 0. The van der Waals surface area contributed by atoms with E-state index in [4.69, 9.17) is 14.7 Å². The Labute approximate surface area is 75.5 Å². The molecule has 3 N–H and O–H groups in total. The van der Waals surface area contributed by atoms with Gasteiger partial charge in [-0.05, 0) is 0 Å². The Bertz CT molecular complexity index is 53.0. The van der Waals surface area contributed by atoms with Crippen molar-refractivity contribution in [3.05, 3.63) is 0 Å². The Morgan fingerprint density at radius 3 is 1.14 bits per heavy atom. The summed E-state index contributed by atoms with van der Waals surface area (Å²) in [7, 11) is -4.05. The van der Waals surface area contributed by atoms with Gasteiger partial charge in [-0.15, -0.1) is 0 Å². The summed E-state index contributed by atoms with van der Waals surface area (Å²) in [5.74, 6) is 0. The van der Waals surface area contributed by atoms with Crippen molar-refractivity contribution in [3.63, 3.8) is 0 Å². The summed E-state index contributed by atoms with van der Waals surface area (Å²) in [6.45, 7) is 2.01. The summed E-state index contributed by atoms with van der Waals surface area (Å²) in [5.41, 5.74) is 0. The summed E-state index contributed by atoms with van der Waals surface area (Å²) in [6, 6.07) is 0. The first-order valence-corrected chi connectivity index (χ1v) is 4.48. The molecule has 0 aliphatic carbocycles. The third-order valence-corrected chi connectivity index (χ3v) is 0. The van der Waals surface area contributed by atoms with E-state index < -0.39 is 7.28 Å². The molecular formula is C2H11CaO3P. The molecule has 0 unspecified atom stereocenters. The van der Waals surface area contributed by atoms with Crippen LogP contribution >= 0.6 is 7.28 Å². The first kappa shape index (κ1) is 11.4. The van der Waals surface area contributed by atoms with Gasteiger partial charge in [0.2, 0.25) is 0 Å². The Hall–Kier alpha value is 1.57. The molecule has 0 aliphatic rings. The Morgan fingerprint density at radius 2 is 1.14 bits per heavy atom. The fraction of sp³-hybridized carbons (Fsp3) is 1.00. The molecule has 0 aromatic carbocycles. The zero-order valence-electron chi connectivity index (χ0n) is 6.50. The van der Waals surface area contributed by atoms with Gasteiger partial charge in [0.1, 0.15) is 0 Å². The van der Waals surface area contributed by atoms with E-state index in [9.17, 15) is 0 Å². The van der Waals surface area contributed by atoms with Crippen LogP contribution in [0.2, 0.25) is 0 Å². The monoisotopic (exact) mass is 154 g/mol. The summed E-state index contributed by atoms with van der Waals surface area (Å²) >= 11 is 0. The minimum atomic E-state index is -4.05. The summed E-state index contributed by atoms with van der Waals surface area (Å²) in [6.07, 6.45) is 0. The maximum Gasteiger partial charge on any atom is 2.00 e. The van der Waals surface area contributed by atoms with Crippen LogP contribution < -0.4 is 0 Å². The van der Waals surface area contributed by atoms with Crippen LogP contribution in [-0.2, 0) is 0 Å². The van der Waals surface area contributed by atoms with Crippen molar-refractivity contribution >= 4 is 45.0 Å². The van der Waals surface area contributed by atoms with Gasteiger partial charge in [0.15, 0.2) is 0 Å². The van der Waals surface area contributed by atoms with E-state index in [1.165, 1.54) is 0 Å². The summed E-state index contributed by atoms with van der Waals surface area (Å²) < 4.78 is 0. The van der Waals surface area contributed by atoms with E-state index in [2.05, 4.69) is 0 Å². The smallest absolute Gasteiger partial charge is 1.00 e. The van der Waals surface area contributed by atoms with E-state index in [-0.39, 0.29) is 40.6 Å². The van der Waals surface area contributed by atoms with Gasteiger partial charge in [-0.1, -0.05) is 0 Å². The standard InChI is InChI=1S/C2H9O3P.Ca.2H/c1-6(2,3,4)5;;;/h3-5H,1-2H3;;;/q;+2;2*-1. The average Bonchev–Trinajstić information content (AvgIpc) is 0.650. The molecule has 0 bridgehead atoms. The molecule has 0 radical (unpaired) electrons. The Kier molecular flexibility index (Phi) is 3.97. The van der Waals surface area contributed by atoms with E-state index in [0.29, 0.717) is 0 Å². The first-order valence-electron chi connectivity index (χ1n) is 1.49. The molecule has 0 saturated heterocycles. The van der Waals surface area contributed by atoms with Gasteiger partial charge in [0, 0.05) is 0 Å². The van der Waals surface area contributed by atoms with E-state index in [1.54, 1.807) is 0 Å². The van der Waals surface area contributed by atoms with Crippen molar-refractivity contribution in [2.75, 3.05) is 13.3 Å². The van der Waals surface area contributed by atoms with Gasteiger partial charge < -0.3 is 2.85 Å². The van der Waals surface area contributed by atoms with E-state index in [1.807, 2.05) is 0 Å². The SMILES string of the molecule is CP(C)(O)(O)O.[Ca+2].[H-].[H-]. The van der Waals surface area contributed by atoms with E-state index in [0.717, 1.165) is 13.3 Å². The van der Waals surface area contributed by atoms with Gasteiger partial charge in [-0.2, -0.15) is 0 Å². The predicted octanol–water partition coefficient (Wildman–Crippen LogP) is -0.635. The van der Waals surface area contributed by atoms with Crippen LogP contribution in [-0.4, -0.2) is 65.7 Å². The van der Waals surface area contributed by atoms with Gasteiger partial charge in [0.05, 0.1) is 0 Å². The van der Waals surface area contributed by atoms with Crippen molar-refractivity contribution in [1.82, 2.24) is 0 Å². The third kappa shape index (κ3) is 95.3. The maximum atomic E-state index is 8.23. The number of hydrogen-bond acceptors (Lipinski definition) is 3. The normalized spacial score (nSPS) is 16.4. The molecular weight excluding hydrogens is 143 g/mol. The van der Waals surface area contributed by atoms with Crippen LogP contribution in [0.25, 0.3) is 0 Å². The van der Waals surface area contributed by atoms with Crippen molar-refractivity contribution in [3.8, 4) is 0 Å². The molecule has 0 fully saturated rings. The number of hydrogen-bond donors (Lipinski definition) is 3. The molecule has 0 saturated carbocycles. The zero-order valence-corrected chi connectivity index (χ0v) is 7.60. The Morgan fingerprint density at radius 1 is 1.14 bits per heavy atom. The molecule has 0 amide bonds.